The van der Waals surface area contributed by atoms with E-state index in [1.54, 1.807) is 42.5 Å². The summed E-state index contributed by atoms with van der Waals surface area (Å²) in [6.45, 7) is 0.424. The van der Waals surface area contributed by atoms with E-state index in [1.807, 2.05) is 18.2 Å². The largest absolute Gasteiger partial charge is 0.478 e. The van der Waals surface area contributed by atoms with E-state index < -0.39 is 33.6 Å². The van der Waals surface area contributed by atoms with E-state index >= 15 is 0 Å². The van der Waals surface area contributed by atoms with Crippen LogP contribution in [0.4, 0.5) is 0 Å². The van der Waals surface area contributed by atoms with Gasteiger partial charge < -0.3 is 10.0 Å². The van der Waals surface area contributed by atoms with Gasteiger partial charge in [0.25, 0.3) is 0 Å². The molecule has 1 fully saturated rings. The van der Waals surface area contributed by atoms with Gasteiger partial charge in [-0.3, -0.25) is 10.1 Å². The lowest BCUT2D eigenvalue weighted by atomic mass is 10.0. The number of amides is 1. The highest BCUT2D eigenvalue weighted by Crippen LogP contribution is 2.25. The van der Waals surface area contributed by atoms with Crippen molar-refractivity contribution in [2.24, 2.45) is 0 Å². The van der Waals surface area contributed by atoms with Crippen LogP contribution in [0.3, 0.4) is 0 Å². The monoisotopic (exact) mass is 506 g/mol. The number of carboxylic acids is 1. The van der Waals surface area contributed by atoms with Crippen molar-refractivity contribution in [2.75, 3.05) is 13.6 Å². The van der Waals surface area contributed by atoms with Crippen molar-refractivity contribution in [3.05, 3.63) is 77.9 Å². The molecule has 1 aliphatic rings. The van der Waals surface area contributed by atoms with Crippen LogP contribution in [0.2, 0.25) is 0 Å². The molecule has 4 rings (SSSR count). The smallest absolute Gasteiger partial charge is 0.344 e. The predicted molar refractivity (Wildman–Crippen MR) is 133 cm³/mol. The summed E-state index contributed by atoms with van der Waals surface area (Å²) in [7, 11) is -2.78. The number of likely N-dealkylation sites (N-methyl/N-ethyl adjacent to an activating group) is 1. The predicted octanol–water partition coefficient (Wildman–Crippen LogP) is 2.22. The summed E-state index contributed by atoms with van der Waals surface area (Å²) in [6.07, 6.45) is 0.732. The Balaban J connectivity index is 1.68. The second-order valence-electron chi connectivity index (χ2n) is 8.79. The first-order chi connectivity index (χ1) is 17.2. The van der Waals surface area contributed by atoms with Gasteiger partial charge in [-0.1, -0.05) is 42.5 Å². The molecule has 36 heavy (non-hydrogen) atoms. The number of hydrogen-bond acceptors (Lipinski definition) is 6. The van der Waals surface area contributed by atoms with Crippen molar-refractivity contribution in [1.82, 2.24) is 14.9 Å². The second-order valence-corrected chi connectivity index (χ2v) is 10.5. The van der Waals surface area contributed by atoms with Gasteiger partial charge in [0.2, 0.25) is 15.9 Å². The van der Waals surface area contributed by atoms with Gasteiger partial charge in [-0.15, -0.1) is 0 Å². The zero-order chi connectivity index (χ0) is 25.9. The lowest BCUT2D eigenvalue weighted by molar-refractivity contribution is -0.159. The van der Waals surface area contributed by atoms with E-state index in [0.717, 1.165) is 15.7 Å². The normalized spacial score (nSPS) is 18.4. The highest BCUT2D eigenvalue weighted by molar-refractivity contribution is 7.89. The molecule has 0 aromatic heterocycles. The highest BCUT2D eigenvalue weighted by atomic mass is 32.2. The summed E-state index contributed by atoms with van der Waals surface area (Å²) in [5.41, 5.74) is -0.574. The van der Waals surface area contributed by atoms with Crippen molar-refractivity contribution < 1.29 is 23.1 Å². The Bertz CT molecular complexity index is 1440. The van der Waals surface area contributed by atoms with Gasteiger partial charge in [0.15, 0.2) is 5.66 Å². The zero-order valence-corrected chi connectivity index (χ0v) is 20.5. The average molecular weight is 507 g/mol. The SMILES string of the molecule is CN(C(=O)[C@H](Cc1ccc(C#N)cc1)NS(=O)(=O)c1ccc2ccccc2c1)[C@@]1(C(=O)O)CCCN1. The molecule has 0 radical (unpaired) electrons. The number of carboxylic acid groups (broad SMARTS) is 1. The van der Waals surface area contributed by atoms with E-state index in [-0.39, 0.29) is 17.7 Å². The Morgan fingerprint density at radius 2 is 1.83 bits per heavy atom. The fraction of sp³-hybridized carbons (Fsp3) is 0.269. The molecule has 1 aliphatic heterocycles. The van der Waals surface area contributed by atoms with Gasteiger partial charge in [-0.25, -0.2) is 13.2 Å². The van der Waals surface area contributed by atoms with E-state index in [1.165, 1.54) is 19.2 Å². The molecule has 9 nitrogen and oxygen atoms in total. The molecule has 1 heterocycles. The molecule has 0 bridgehead atoms. The molecule has 3 N–H and O–H groups in total. The van der Waals surface area contributed by atoms with Crippen molar-refractivity contribution in [1.29, 1.82) is 5.26 Å². The first-order valence-corrected chi connectivity index (χ1v) is 12.9. The lowest BCUT2D eigenvalue weighted by Gasteiger charge is -2.37. The molecule has 2 atom stereocenters. The minimum absolute atomic E-state index is 0.00609. The molecular formula is C26H26N4O5S. The highest BCUT2D eigenvalue weighted by Gasteiger charge is 2.48. The maximum Gasteiger partial charge on any atom is 0.344 e. The van der Waals surface area contributed by atoms with Gasteiger partial charge >= 0.3 is 5.97 Å². The van der Waals surface area contributed by atoms with Crippen LogP contribution in [-0.2, 0) is 26.0 Å². The molecule has 0 spiro atoms. The molecule has 0 aliphatic carbocycles. The fourth-order valence-corrected chi connectivity index (χ4v) is 5.71. The number of fused-ring (bicyclic) bond motifs is 1. The number of aliphatic carboxylic acids is 1. The van der Waals surface area contributed by atoms with Crippen molar-refractivity contribution in [3.63, 3.8) is 0 Å². The Morgan fingerprint density at radius 3 is 2.44 bits per heavy atom. The summed E-state index contributed by atoms with van der Waals surface area (Å²) < 4.78 is 29.3. The standard InChI is InChI=1S/C26H26N4O5S/c1-30(26(25(32)33)13-4-14-28-26)24(31)23(15-18-7-9-19(17-27)10-8-18)29-36(34,35)22-12-11-20-5-2-3-6-21(20)16-22/h2-3,5-12,16,23,28-29H,4,13-15H2,1H3,(H,32,33)/t23-,26+/m0/s1. The van der Waals surface area contributed by atoms with Crippen LogP contribution < -0.4 is 10.0 Å². The van der Waals surface area contributed by atoms with E-state index in [2.05, 4.69) is 10.0 Å². The van der Waals surface area contributed by atoms with Crippen LogP contribution in [0.5, 0.6) is 0 Å². The van der Waals surface area contributed by atoms with E-state index in [4.69, 9.17) is 5.26 Å². The third kappa shape index (κ3) is 4.95. The summed E-state index contributed by atoms with van der Waals surface area (Å²) in [5, 5.41) is 23.5. The number of nitriles is 1. The van der Waals surface area contributed by atoms with Crippen LogP contribution in [0.15, 0.2) is 71.6 Å². The quantitative estimate of drug-likeness (QED) is 0.426. The molecule has 186 valence electrons. The molecule has 3 aromatic rings. The minimum atomic E-state index is -4.14. The number of carbonyl (C=O) groups is 2. The van der Waals surface area contributed by atoms with Gasteiger partial charge in [0.05, 0.1) is 16.5 Å². The summed E-state index contributed by atoms with van der Waals surface area (Å²) in [4.78, 5) is 26.8. The molecule has 10 heteroatoms. The van der Waals surface area contributed by atoms with E-state index in [9.17, 15) is 23.1 Å². The van der Waals surface area contributed by atoms with Gasteiger partial charge in [0.1, 0.15) is 6.04 Å². The van der Waals surface area contributed by atoms with Crippen LogP contribution in [-0.4, -0.2) is 55.6 Å². The number of benzene rings is 3. The molecule has 1 amide bonds. The zero-order valence-electron chi connectivity index (χ0n) is 19.6. The second kappa shape index (κ2) is 10.1. The molecule has 0 saturated carbocycles. The maximum atomic E-state index is 13.6. The summed E-state index contributed by atoms with van der Waals surface area (Å²) in [5.74, 6) is -1.88. The maximum absolute atomic E-state index is 13.6. The minimum Gasteiger partial charge on any atom is -0.478 e. The molecular weight excluding hydrogens is 480 g/mol. The van der Waals surface area contributed by atoms with Crippen molar-refractivity contribution in [3.8, 4) is 6.07 Å². The van der Waals surface area contributed by atoms with E-state index in [0.29, 0.717) is 24.1 Å². The Hall–Kier alpha value is -3.78. The van der Waals surface area contributed by atoms with Crippen LogP contribution in [0, 0.1) is 11.3 Å². The number of hydrogen-bond donors (Lipinski definition) is 3. The number of nitrogens with one attached hydrogen (secondary N) is 2. The van der Waals surface area contributed by atoms with Crippen LogP contribution in [0.25, 0.3) is 10.8 Å². The Kier molecular flexibility index (Phi) is 7.08. The average Bonchev–Trinajstić information content (AvgIpc) is 3.39. The topological polar surface area (TPSA) is 140 Å². The van der Waals surface area contributed by atoms with Crippen LogP contribution >= 0.6 is 0 Å². The first kappa shape index (κ1) is 25.3. The fourth-order valence-electron chi connectivity index (χ4n) is 4.48. The Morgan fingerprint density at radius 1 is 1.14 bits per heavy atom. The van der Waals surface area contributed by atoms with Gasteiger partial charge in [-0.2, -0.15) is 9.98 Å². The first-order valence-electron chi connectivity index (χ1n) is 11.4. The molecule has 1 saturated heterocycles. The van der Waals surface area contributed by atoms with Crippen molar-refractivity contribution >= 4 is 32.7 Å². The summed E-state index contributed by atoms with van der Waals surface area (Å²) >= 11 is 0. The Labute approximate surface area is 209 Å². The number of rotatable bonds is 8. The third-order valence-electron chi connectivity index (χ3n) is 6.54. The summed E-state index contributed by atoms with van der Waals surface area (Å²) in [6, 6.07) is 19.2. The molecule has 3 aromatic carbocycles. The number of nitrogens with zero attached hydrogens (tertiary/aromatic N) is 2. The number of sulfonamides is 1. The number of carbonyl (C=O) groups excluding carboxylic acids is 1. The lowest BCUT2D eigenvalue weighted by Crippen LogP contribution is -2.64. The van der Waals surface area contributed by atoms with Gasteiger partial charge in [0, 0.05) is 7.05 Å². The molecule has 0 unspecified atom stereocenters. The van der Waals surface area contributed by atoms with Crippen molar-refractivity contribution in [2.45, 2.75) is 35.9 Å². The van der Waals surface area contributed by atoms with Crippen LogP contribution in [0.1, 0.15) is 24.0 Å². The third-order valence-corrected chi connectivity index (χ3v) is 8.01. The van der Waals surface area contributed by atoms with Gasteiger partial charge in [-0.05, 0) is 66.4 Å².